The van der Waals surface area contributed by atoms with Crippen LogP contribution in [-0.4, -0.2) is 75.4 Å². The summed E-state index contributed by atoms with van der Waals surface area (Å²) in [5, 5.41) is 29.8. The lowest BCUT2D eigenvalue weighted by Gasteiger charge is -2.38. The van der Waals surface area contributed by atoms with Crippen molar-refractivity contribution in [3.8, 4) is 0 Å². The van der Waals surface area contributed by atoms with Crippen LogP contribution in [0.4, 0.5) is 0 Å². The average molecular weight is 288 g/mol. The van der Waals surface area contributed by atoms with Gasteiger partial charge in [-0.25, -0.2) is 0 Å². The standard InChI is InChI=1S/C12H20N2O4S/c1-3-5-14(2)12-13-8-10(17)9(16)7(4-6-15)18-11(8)19-12/h3,7-11,15-17H,1,4-6H2,2H3/t7-,8-,9-,10-,11-/m1/s1. The van der Waals surface area contributed by atoms with Crippen molar-refractivity contribution >= 4 is 16.9 Å². The summed E-state index contributed by atoms with van der Waals surface area (Å²) in [6.07, 6.45) is -0.446. The lowest BCUT2D eigenvalue weighted by molar-refractivity contribution is -0.156. The Hall–Kier alpha value is -0.600. The van der Waals surface area contributed by atoms with Crippen LogP contribution in [0, 0.1) is 0 Å². The van der Waals surface area contributed by atoms with Crippen molar-refractivity contribution in [3.05, 3.63) is 12.7 Å². The molecule has 1 fully saturated rings. The number of aliphatic hydroxyl groups excluding tert-OH is 3. The molecule has 0 aromatic rings. The van der Waals surface area contributed by atoms with Gasteiger partial charge >= 0.3 is 0 Å². The second-order valence-electron chi connectivity index (χ2n) is 4.73. The highest BCUT2D eigenvalue weighted by molar-refractivity contribution is 8.14. The molecule has 108 valence electrons. The zero-order valence-corrected chi connectivity index (χ0v) is 11.7. The molecule has 0 aromatic heterocycles. The second kappa shape index (κ2) is 6.23. The van der Waals surface area contributed by atoms with Crippen molar-refractivity contribution < 1.29 is 20.1 Å². The molecule has 2 aliphatic heterocycles. The normalized spacial score (nSPS) is 37.7. The van der Waals surface area contributed by atoms with Crippen LogP contribution in [0.2, 0.25) is 0 Å². The predicted molar refractivity (Wildman–Crippen MR) is 74.0 cm³/mol. The van der Waals surface area contributed by atoms with E-state index in [4.69, 9.17) is 9.84 Å². The van der Waals surface area contributed by atoms with Gasteiger partial charge in [-0.3, -0.25) is 4.99 Å². The van der Waals surface area contributed by atoms with E-state index in [9.17, 15) is 10.2 Å². The maximum atomic E-state index is 10.1. The van der Waals surface area contributed by atoms with Gasteiger partial charge in [-0.2, -0.15) is 0 Å². The molecule has 0 aromatic carbocycles. The Bertz CT molecular complexity index is 366. The molecule has 2 heterocycles. The highest BCUT2D eigenvalue weighted by atomic mass is 32.2. The van der Waals surface area contributed by atoms with E-state index in [-0.39, 0.29) is 12.0 Å². The summed E-state index contributed by atoms with van der Waals surface area (Å²) in [6.45, 7) is 4.25. The van der Waals surface area contributed by atoms with Crippen LogP contribution in [-0.2, 0) is 4.74 Å². The molecule has 1 saturated heterocycles. The summed E-state index contributed by atoms with van der Waals surface area (Å²) in [7, 11) is 1.89. The van der Waals surface area contributed by atoms with Gasteiger partial charge in [0, 0.05) is 20.2 Å². The monoisotopic (exact) mass is 288 g/mol. The highest BCUT2D eigenvalue weighted by Crippen LogP contribution is 2.37. The molecule has 0 radical (unpaired) electrons. The first kappa shape index (κ1) is 14.8. The van der Waals surface area contributed by atoms with Gasteiger partial charge in [-0.05, 0) is 6.42 Å². The molecular weight excluding hydrogens is 268 g/mol. The summed E-state index contributed by atoms with van der Waals surface area (Å²) in [4.78, 5) is 6.33. The van der Waals surface area contributed by atoms with Crippen LogP contribution in [0.3, 0.4) is 0 Å². The first-order valence-corrected chi connectivity index (χ1v) is 7.15. The van der Waals surface area contributed by atoms with E-state index in [0.29, 0.717) is 13.0 Å². The number of hydrogen-bond acceptors (Lipinski definition) is 7. The number of aliphatic imine (C=N–C) groups is 1. The number of amidine groups is 1. The van der Waals surface area contributed by atoms with E-state index in [1.165, 1.54) is 11.8 Å². The molecule has 19 heavy (non-hydrogen) atoms. The van der Waals surface area contributed by atoms with Gasteiger partial charge in [0.15, 0.2) is 5.17 Å². The van der Waals surface area contributed by atoms with E-state index < -0.39 is 24.4 Å². The number of fused-ring (bicyclic) bond motifs is 1. The summed E-state index contributed by atoms with van der Waals surface area (Å²) in [5.41, 5.74) is -0.308. The fourth-order valence-corrected chi connectivity index (χ4v) is 3.44. The van der Waals surface area contributed by atoms with Gasteiger partial charge in [-0.15, -0.1) is 6.58 Å². The maximum absolute atomic E-state index is 10.1. The summed E-state index contributed by atoms with van der Waals surface area (Å²) in [5.74, 6) is 0. The molecule has 3 N–H and O–H groups in total. The number of hydrogen-bond donors (Lipinski definition) is 3. The minimum absolute atomic E-state index is 0.0828. The van der Waals surface area contributed by atoms with Crippen LogP contribution in [0.15, 0.2) is 17.6 Å². The molecule has 0 spiro atoms. The van der Waals surface area contributed by atoms with Crippen molar-refractivity contribution in [1.82, 2.24) is 4.90 Å². The van der Waals surface area contributed by atoms with Gasteiger partial charge in [0.1, 0.15) is 23.7 Å². The fourth-order valence-electron chi connectivity index (χ4n) is 2.24. The Labute approximate surface area is 116 Å². The second-order valence-corrected chi connectivity index (χ2v) is 5.79. The number of aliphatic hydroxyl groups is 3. The molecule has 0 saturated carbocycles. The van der Waals surface area contributed by atoms with Crippen LogP contribution < -0.4 is 0 Å². The zero-order valence-electron chi connectivity index (χ0n) is 10.8. The van der Waals surface area contributed by atoms with Crippen molar-refractivity contribution in [3.63, 3.8) is 0 Å². The van der Waals surface area contributed by atoms with Crippen molar-refractivity contribution in [2.75, 3.05) is 20.2 Å². The molecule has 2 rings (SSSR count). The van der Waals surface area contributed by atoms with Crippen molar-refractivity contribution in [2.45, 2.75) is 36.2 Å². The number of nitrogens with zero attached hydrogens (tertiary/aromatic N) is 2. The van der Waals surface area contributed by atoms with Crippen LogP contribution >= 0.6 is 11.8 Å². The molecule has 0 bridgehead atoms. The molecule has 5 atom stereocenters. The quantitative estimate of drug-likeness (QED) is 0.599. The van der Waals surface area contributed by atoms with Gasteiger partial charge in [0.2, 0.25) is 0 Å². The third kappa shape index (κ3) is 2.95. The van der Waals surface area contributed by atoms with E-state index in [1.54, 1.807) is 6.08 Å². The third-order valence-electron chi connectivity index (χ3n) is 3.29. The van der Waals surface area contributed by atoms with Crippen molar-refractivity contribution in [1.29, 1.82) is 0 Å². The van der Waals surface area contributed by atoms with Crippen LogP contribution in [0.5, 0.6) is 0 Å². The minimum Gasteiger partial charge on any atom is -0.396 e. The minimum atomic E-state index is -1.01. The lowest BCUT2D eigenvalue weighted by atomic mass is 9.96. The van der Waals surface area contributed by atoms with Crippen LogP contribution in [0.1, 0.15) is 6.42 Å². The Balaban J connectivity index is 2.07. The molecule has 0 unspecified atom stereocenters. The molecule has 7 heteroatoms. The molecule has 6 nitrogen and oxygen atoms in total. The number of likely N-dealkylation sites (N-methyl/N-ethyl adjacent to an activating group) is 1. The lowest BCUT2D eigenvalue weighted by Crippen LogP contribution is -2.54. The summed E-state index contributed by atoms with van der Waals surface area (Å²) in [6, 6.07) is -0.461. The third-order valence-corrected chi connectivity index (χ3v) is 4.54. The van der Waals surface area contributed by atoms with Crippen LogP contribution in [0.25, 0.3) is 0 Å². The highest BCUT2D eigenvalue weighted by Gasteiger charge is 2.48. The summed E-state index contributed by atoms with van der Waals surface area (Å²) < 4.78 is 5.72. The van der Waals surface area contributed by atoms with E-state index in [1.807, 2.05) is 11.9 Å². The first-order chi connectivity index (χ1) is 9.08. The van der Waals surface area contributed by atoms with Gasteiger partial charge in [0.05, 0.1) is 6.10 Å². The fraction of sp³-hybridized carbons (Fsp3) is 0.750. The smallest absolute Gasteiger partial charge is 0.162 e. The number of ether oxygens (including phenoxy) is 1. The Morgan fingerprint density at radius 1 is 1.47 bits per heavy atom. The van der Waals surface area contributed by atoms with Crippen molar-refractivity contribution in [2.24, 2.45) is 4.99 Å². The zero-order chi connectivity index (χ0) is 14.0. The largest absolute Gasteiger partial charge is 0.396 e. The maximum Gasteiger partial charge on any atom is 0.162 e. The Kier molecular flexibility index (Phi) is 4.86. The first-order valence-electron chi connectivity index (χ1n) is 6.27. The molecule has 2 aliphatic rings. The predicted octanol–water partition coefficient (Wildman–Crippen LogP) is -0.595. The van der Waals surface area contributed by atoms with E-state index in [0.717, 1.165) is 5.17 Å². The molecule has 0 aliphatic carbocycles. The Morgan fingerprint density at radius 2 is 2.21 bits per heavy atom. The summed E-state index contributed by atoms with van der Waals surface area (Å²) >= 11 is 1.43. The number of rotatable bonds is 4. The molecule has 0 amide bonds. The SMILES string of the molecule is C=CCN(C)C1=N[C@@H]2[C@@H](O)[C@H](O)[C@@H](CCO)O[C@@H]2S1. The Morgan fingerprint density at radius 3 is 2.84 bits per heavy atom. The van der Waals surface area contributed by atoms with Gasteiger partial charge < -0.3 is 25.0 Å². The molecular formula is C12H20N2O4S. The number of thioether (sulfide) groups is 1. The van der Waals surface area contributed by atoms with E-state index >= 15 is 0 Å². The van der Waals surface area contributed by atoms with Gasteiger partial charge in [-0.1, -0.05) is 17.8 Å². The van der Waals surface area contributed by atoms with E-state index in [2.05, 4.69) is 11.6 Å². The van der Waals surface area contributed by atoms with Gasteiger partial charge in [0.25, 0.3) is 0 Å². The topological polar surface area (TPSA) is 85.5 Å². The average Bonchev–Trinajstić information content (AvgIpc) is 2.80.